The second kappa shape index (κ2) is 8.98. The van der Waals surface area contributed by atoms with E-state index in [1.807, 2.05) is 31.2 Å². The van der Waals surface area contributed by atoms with Gasteiger partial charge in [0.25, 0.3) is 5.91 Å². The van der Waals surface area contributed by atoms with E-state index in [0.29, 0.717) is 5.69 Å². The number of likely N-dealkylation sites (N-methyl/N-ethyl adjacent to an activating group) is 1. The number of benzene rings is 1. The van der Waals surface area contributed by atoms with Crippen LogP contribution in [0.5, 0.6) is 0 Å². The van der Waals surface area contributed by atoms with Crippen LogP contribution in [-0.4, -0.2) is 55.9 Å². The average molecular weight is 463 g/mol. The highest BCUT2D eigenvalue weighted by Crippen LogP contribution is 2.40. The molecule has 32 heavy (non-hydrogen) atoms. The number of nitrogens with zero attached hydrogens (tertiary/aromatic N) is 2. The first-order valence-corrected chi connectivity index (χ1v) is 13.9. The second-order valence-electron chi connectivity index (χ2n) is 11.0. The average Bonchev–Trinajstić information content (AvgIpc) is 2.93. The number of anilines is 1. The van der Waals surface area contributed by atoms with E-state index < -0.39 is 38.1 Å². The quantitative estimate of drug-likeness (QED) is 0.596. The molecule has 0 saturated carbocycles. The Hall–Kier alpha value is -2.19. The monoisotopic (exact) mass is 462 g/mol. The molecular formula is C24H38N2O5Si. The molecule has 7 nitrogen and oxygen atoms in total. The maximum absolute atomic E-state index is 13.7. The van der Waals surface area contributed by atoms with Gasteiger partial charge in [0, 0.05) is 12.7 Å². The SMILES string of the molecule is Cc1cccc(N(C)C(=O)[C@@H]2[C@@H](O[Si](C)(C)C(C)(C)C)CC(=O)N2C(=O)OC(C)(C)C)c1. The Morgan fingerprint density at radius 2 is 1.72 bits per heavy atom. The predicted molar refractivity (Wildman–Crippen MR) is 128 cm³/mol. The lowest BCUT2D eigenvalue weighted by Crippen LogP contribution is -2.55. The highest BCUT2D eigenvalue weighted by molar-refractivity contribution is 6.74. The fourth-order valence-electron chi connectivity index (χ4n) is 3.32. The first-order chi connectivity index (χ1) is 14.4. The number of rotatable bonds is 4. The number of amides is 3. The van der Waals surface area contributed by atoms with Gasteiger partial charge in [-0.25, -0.2) is 9.69 Å². The van der Waals surface area contributed by atoms with Gasteiger partial charge in [0.05, 0.1) is 12.5 Å². The van der Waals surface area contributed by atoms with Crippen LogP contribution in [0.2, 0.25) is 18.1 Å². The number of carbonyl (C=O) groups is 3. The van der Waals surface area contributed by atoms with E-state index in [-0.39, 0.29) is 17.4 Å². The van der Waals surface area contributed by atoms with Crippen LogP contribution in [-0.2, 0) is 18.8 Å². The van der Waals surface area contributed by atoms with Crippen molar-refractivity contribution in [2.45, 2.75) is 90.8 Å². The van der Waals surface area contributed by atoms with Crippen LogP contribution in [0.3, 0.4) is 0 Å². The minimum absolute atomic E-state index is 0.0379. The first-order valence-electron chi connectivity index (χ1n) is 11.0. The molecule has 1 aliphatic heterocycles. The minimum Gasteiger partial charge on any atom is -0.443 e. The van der Waals surface area contributed by atoms with Gasteiger partial charge in [-0.2, -0.15) is 0 Å². The molecule has 0 spiro atoms. The maximum atomic E-state index is 13.7. The molecular weight excluding hydrogens is 424 g/mol. The van der Waals surface area contributed by atoms with Gasteiger partial charge < -0.3 is 14.1 Å². The van der Waals surface area contributed by atoms with Crippen molar-refractivity contribution in [3.8, 4) is 0 Å². The maximum Gasteiger partial charge on any atom is 0.417 e. The van der Waals surface area contributed by atoms with Crippen LogP contribution in [0.1, 0.15) is 53.5 Å². The van der Waals surface area contributed by atoms with Gasteiger partial charge in [-0.3, -0.25) is 9.59 Å². The molecule has 0 unspecified atom stereocenters. The summed E-state index contributed by atoms with van der Waals surface area (Å²) in [7, 11) is -0.674. The van der Waals surface area contributed by atoms with Gasteiger partial charge in [-0.15, -0.1) is 0 Å². The highest BCUT2D eigenvalue weighted by Gasteiger charge is 2.53. The molecule has 0 aliphatic carbocycles. The van der Waals surface area contributed by atoms with Crippen molar-refractivity contribution in [3.63, 3.8) is 0 Å². The number of ether oxygens (including phenoxy) is 1. The molecule has 1 aliphatic rings. The lowest BCUT2D eigenvalue weighted by Gasteiger charge is -2.40. The van der Waals surface area contributed by atoms with Crippen molar-refractivity contribution in [1.29, 1.82) is 0 Å². The summed E-state index contributed by atoms with van der Waals surface area (Å²) < 4.78 is 12.0. The fourth-order valence-corrected chi connectivity index (χ4v) is 4.65. The molecule has 1 heterocycles. The number of aryl methyl sites for hydroxylation is 1. The number of hydrogen-bond acceptors (Lipinski definition) is 5. The zero-order valence-electron chi connectivity index (χ0n) is 21.1. The molecule has 3 amide bonds. The molecule has 8 heteroatoms. The predicted octanol–water partition coefficient (Wildman–Crippen LogP) is 4.88. The van der Waals surface area contributed by atoms with E-state index >= 15 is 0 Å². The summed E-state index contributed by atoms with van der Waals surface area (Å²) in [5.74, 6) is -0.838. The number of carbonyl (C=O) groups excluding carboxylic acids is 3. The van der Waals surface area contributed by atoms with Crippen molar-refractivity contribution in [1.82, 2.24) is 4.90 Å². The highest BCUT2D eigenvalue weighted by atomic mass is 28.4. The third-order valence-electron chi connectivity index (χ3n) is 6.09. The number of imide groups is 1. The summed E-state index contributed by atoms with van der Waals surface area (Å²) in [4.78, 5) is 42.1. The van der Waals surface area contributed by atoms with Gasteiger partial charge in [0.1, 0.15) is 11.6 Å². The third kappa shape index (κ3) is 5.78. The zero-order valence-corrected chi connectivity index (χ0v) is 22.1. The Labute approximate surface area is 193 Å². The van der Waals surface area contributed by atoms with Crippen molar-refractivity contribution in [2.75, 3.05) is 11.9 Å². The van der Waals surface area contributed by atoms with Crippen LogP contribution in [0.15, 0.2) is 24.3 Å². The third-order valence-corrected chi connectivity index (χ3v) is 10.6. The van der Waals surface area contributed by atoms with E-state index in [4.69, 9.17) is 9.16 Å². The van der Waals surface area contributed by atoms with Gasteiger partial charge >= 0.3 is 6.09 Å². The lowest BCUT2D eigenvalue weighted by atomic mass is 10.1. The number of likely N-dealkylation sites (tertiary alicyclic amines) is 1. The Kier molecular flexibility index (Phi) is 7.31. The van der Waals surface area contributed by atoms with E-state index in [1.165, 1.54) is 4.90 Å². The molecule has 2 rings (SSSR count). The summed E-state index contributed by atoms with van der Waals surface area (Å²) >= 11 is 0. The molecule has 1 saturated heterocycles. The van der Waals surface area contributed by atoms with Crippen molar-refractivity contribution < 1.29 is 23.5 Å². The van der Waals surface area contributed by atoms with E-state index in [9.17, 15) is 14.4 Å². The van der Waals surface area contributed by atoms with Gasteiger partial charge in [-0.05, 0) is 63.5 Å². The van der Waals surface area contributed by atoms with Crippen LogP contribution >= 0.6 is 0 Å². The lowest BCUT2D eigenvalue weighted by molar-refractivity contribution is -0.133. The van der Waals surface area contributed by atoms with Gasteiger partial charge in [0.2, 0.25) is 5.91 Å². The van der Waals surface area contributed by atoms with E-state index in [2.05, 4.69) is 33.9 Å². The molecule has 0 N–H and O–H groups in total. The topological polar surface area (TPSA) is 76.2 Å². The summed E-state index contributed by atoms with van der Waals surface area (Å²) in [5, 5.41) is -0.120. The van der Waals surface area contributed by atoms with E-state index in [0.717, 1.165) is 10.5 Å². The van der Waals surface area contributed by atoms with Crippen LogP contribution in [0.25, 0.3) is 0 Å². The summed E-state index contributed by atoms with van der Waals surface area (Å²) in [6.07, 6.45) is -1.58. The second-order valence-corrected chi connectivity index (χ2v) is 15.8. The smallest absolute Gasteiger partial charge is 0.417 e. The molecule has 1 fully saturated rings. The molecule has 0 aromatic heterocycles. The van der Waals surface area contributed by atoms with Crippen molar-refractivity contribution in [3.05, 3.63) is 29.8 Å². The summed E-state index contributed by atoms with van der Waals surface area (Å²) in [6, 6.07) is 6.43. The molecule has 0 bridgehead atoms. The summed E-state index contributed by atoms with van der Waals surface area (Å²) in [6.45, 7) is 17.5. The summed E-state index contributed by atoms with van der Waals surface area (Å²) in [5.41, 5.74) is 0.887. The Balaban J connectivity index is 2.46. The Bertz CT molecular complexity index is 885. The minimum atomic E-state index is -2.32. The molecule has 178 valence electrons. The Morgan fingerprint density at radius 3 is 2.22 bits per heavy atom. The molecule has 1 aromatic carbocycles. The van der Waals surface area contributed by atoms with Crippen molar-refractivity contribution >= 4 is 31.9 Å². The fraction of sp³-hybridized carbons (Fsp3) is 0.625. The first kappa shape index (κ1) is 26.1. The largest absolute Gasteiger partial charge is 0.443 e. The Morgan fingerprint density at radius 1 is 1.12 bits per heavy atom. The van der Waals surface area contributed by atoms with Gasteiger partial charge in [0.15, 0.2) is 8.32 Å². The number of hydrogen-bond donors (Lipinski definition) is 0. The van der Waals surface area contributed by atoms with Crippen LogP contribution in [0, 0.1) is 6.92 Å². The van der Waals surface area contributed by atoms with Gasteiger partial charge in [-0.1, -0.05) is 32.9 Å². The molecule has 0 radical (unpaired) electrons. The zero-order chi connectivity index (χ0) is 24.6. The standard InChI is InChI=1S/C24H38N2O5Si/c1-16-12-11-13-17(14-16)25(8)21(28)20-18(31-32(9,10)24(5,6)7)15-19(27)26(20)22(29)30-23(2,3)4/h11-14,18,20H,15H2,1-10H3/t18-,20-/m0/s1. The van der Waals surface area contributed by atoms with Crippen molar-refractivity contribution in [2.24, 2.45) is 0 Å². The van der Waals surface area contributed by atoms with Crippen LogP contribution in [0.4, 0.5) is 10.5 Å². The van der Waals surface area contributed by atoms with Crippen LogP contribution < -0.4 is 4.90 Å². The normalized spacial score (nSPS) is 19.8. The van der Waals surface area contributed by atoms with E-state index in [1.54, 1.807) is 27.8 Å². The molecule has 1 aromatic rings. The molecule has 2 atom stereocenters.